The SMILES string of the molecule is CC[C@H](C(C)C)N(C(=O)C(F)(F)F)N1C(=O)OC[C@@H]1Cc1ccccc1. The predicted octanol–water partition coefficient (Wildman–Crippen LogP) is 3.79. The molecule has 2 atom stereocenters. The van der Waals surface area contributed by atoms with Crippen molar-refractivity contribution in [3.8, 4) is 0 Å². The summed E-state index contributed by atoms with van der Waals surface area (Å²) in [7, 11) is 0. The van der Waals surface area contributed by atoms with E-state index in [0.29, 0.717) is 11.4 Å². The van der Waals surface area contributed by atoms with Crippen LogP contribution in [0.2, 0.25) is 0 Å². The number of alkyl halides is 3. The largest absolute Gasteiger partial charge is 0.473 e. The van der Waals surface area contributed by atoms with Gasteiger partial charge in [-0.05, 0) is 24.3 Å². The van der Waals surface area contributed by atoms with Gasteiger partial charge >= 0.3 is 18.2 Å². The van der Waals surface area contributed by atoms with Gasteiger partial charge in [0, 0.05) is 0 Å². The van der Waals surface area contributed by atoms with Crippen LogP contribution in [-0.2, 0) is 16.0 Å². The van der Waals surface area contributed by atoms with Gasteiger partial charge in [0.2, 0.25) is 0 Å². The van der Waals surface area contributed by atoms with Crippen LogP contribution in [0.1, 0.15) is 32.8 Å². The first-order valence-electron chi connectivity index (χ1n) is 8.57. The van der Waals surface area contributed by atoms with Crippen molar-refractivity contribution in [2.75, 3.05) is 6.61 Å². The second kappa shape index (κ2) is 7.97. The molecule has 0 unspecified atom stereocenters. The van der Waals surface area contributed by atoms with Crippen LogP contribution in [0.5, 0.6) is 0 Å². The number of hydrazine groups is 1. The van der Waals surface area contributed by atoms with Crippen molar-refractivity contribution in [2.24, 2.45) is 5.92 Å². The minimum atomic E-state index is -5.08. The van der Waals surface area contributed by atoms with E-state index < -0.39 is 30.3 Å². The zero-order chi connectivity index (χ0) is 19.5. The number of amides is 2. The van der Waals surface area contributed by atoms with Gasteiger partial charge < -0.3 is 4.74 Å². The third kappa shape index (κ3) is 4.28. The molecule has 1 aromatic rings. The third-order valence-corrected chi connectivity index (χ3v) is 4.43. The molecule has 0 radical (unpaired) electrons. The normalized spacial score (nSPS) is 18.8. The molecule has 26 heavy (non-hydrogen) atoms. The van der Waals surface area contributed by atoms with E-state index >= 15 is 0 Å². The average Bonchev–Trinajstić information content (AvgIpc) is 2.92. The number of hydrogen-bond donors (Lipinski definition) is 0. The van der Waals surface area contributed by atoms with E-state index in [0.717, 1.165) is 10.6 Å². The molecule has 0 aromatic heterocycles. The Morgan fingerprint density at radius 1 is 1.31 bits per heavy atom. The summed E-state index contributed by atoms with van der Waals surface area (Å²) in [6, 6.07) is 7.62. The second-order valence-electron chi connectivity index (χ2n) is 6.63. The lowest BCUT2D eigenvalue weighted by molar-refractivity contribution is -0.205. The van der Waals surface area contributed by atoms with E-state index in [2.05, 4.69) is 0 Å². The molecule has 5 nitrogen and oxygen atoms in total. The molecule has 1 fully saturated rings. The number of rotatable bonds is 6. The quantitative estimate of drug-likeness (QED) is 0.763. The number of carbonyl (C=O) groups excluding carboxylic acids is 2. The summed E-state index contributed by atoms with van der Waals surface area (Å²) in [6.45, 7) is 5.07. The van der Waals surface area contributed by atoms with E-state index in [1.807, 2.05) is 18.2 Å². The molecule has 0 bridgehead atoms. The van der Waals surface area contributed by atoms with Crippen LogP contribution in [-0.4, -0.2) is 46.9 Å². The molecule has 1 aliphatic heterocycles. The fourth-order valence-electron chi connectivity index (χ4n) is 3.21. The van der Waals surface area contributed by atoms with Gasteiger partial charge in [0.25, 0.3) is 0 Å². The van der Waals surface area contributed by atoms with Gasteiger partial charge in [-0.3, -0.25) is 4.79 Å². The van der Waals surface area contributed by atoms with Crippen LogP contribution in [0, 0.1) is 5.92 Å². The Hall–Kier alpha value is -2.25. The molecule has 8 heteroatoms. The molecule has 0 N–H and O–H groups in total. The average molecular weight is 372 g/mol. The lowest BCUT2D eigenvalue weighted by Gasteiger charge is -2.41. The van der Waals surface area contributed by atoms with Crippen molar-refractivity contribution in [3.05, 3.63) is 35.9 Å². The number of halogens is 3. The maximum atomic E-state index is 13.2. The van der Waals surface area contributed by atoms with Gasteiger partial charge in [-0.1, -0.05) is 51.1 Å². The van der Waals surface area contributed by atoms with Crippen molar-refractivity contribution in [3.63, 3.8) is 0 Å². The first-order chi connectivity index (χ1) is 12.2. The van der Waals surface area contributed by atoms with Gasteiger partial charge in [-0.2, -0.15) is 13.2 Å². The molecule has 1 saturated heterocycles. The lowest BCUT2D eigenvalue weighted by Crippen LogP contribution is -2.60. The fourth-order valence-corrected chi connectivity index (χ4v) is 3.21. The Bertz CT molecular complexity index is 634. The van der Waals surface area contributed by atoms with Crippen LogP contribution >= 0.6 is 0 Å². The molecular weight excluding hydrogens is 349 g/mol. The highest BCUT2D eigenvalue weighted by molar-refractivity contribution is 5.84. The maximum Gasteiger partial charge on any atom is 0.473 e. The molecule has 144 valence electrons. The fraction of sp³-hybridized carbons (Fsp3) is 0.556. The summed E-state index contributed by atoms with van der Waals surface area (Å²) < 4.78 is 44.7. The van der Waals surface area contributed by atoms with Crippen molar-refractivity contribution in [2.45, 2.75) is 51.9 Å². The number of cyclic esters (lactones) is 1. The molecule has 1 aromatic carbocycles. The van der Waals surface area contributed by atoms with Crippen LogP contribution in [0.15, 0.2) is 30.3 Å². The van der Waals surface area contributed by atoms with Crippen molar-refractivity contribution in [1.29, 1.82) is 0 Å². The zero-order valence-electron chi connectivity index (χ0n) is 15.0. The van der Waals surface area contributed by atoms with Crippen LogP contribution in [0.4, 0.5) is 18.0 Å². The Labute approximate surface area is 150 Å². The Morgan fingerprint density at radius 2 is 1.92 bits per heavy atom. The van der Waals surface area contributed by atoms with E-state index in [9.17, 15) is 22.8 Å². The second-order valence-corrected chi connectivity index (χ2v) is 6.63. The number of ether oxygens (including phenoxy) is 1. The predicted molar refractivity (Wildman–Crippen MR) is 88.9 cm³/mol. The molecule has 1 heterocycles. The Morgan fingerprint density at radius 3 is 2.42 bits per heavy atom. The summed E-state index contributed by atoms with van der Waals surface area (Å²) in [6.07, 6.45) is -5.44. The molecule has 0 aliphatic carbocycles. The van der Waals surface area contributed by atoms with Crippen LogP contribution < -0.4 is 0 Å². The lowest BCUT2D eigenvalue weighted by atomic mass is 10.0. The Balaban J connectivity index is 2.39. The van der Waals surface area contributed by atoms with Crippen molar-refractivity contribution >= 4 is 12.0 Å². The standard InChI is InChI=1S/C18H23F3N2O3/c1-4-15(12(2)3)23(16(24)18(19,20)21)22-14(11-26-17(22)25)10-13-8-6-5-7-9-13/h5-9,12,14-15H,4,10-11H2,1-3H3/t14-,15+/m0/s1. The zero-order valence-corrected chi connectivity index (χ0v) is 15.0. The van der Waals surface area contributed by atoms with Crippen LogP contribution in [0.25, 0.3) is 0 Å². The van der Waals surface area contributed by atoms with Gasteiger partial charge in [0.15, 0.2) is 0 Å². The maximum absolute atomic E-state index is 13.2. The molecule has 0 spiro atoms. The highest BCUT2D eigenvalue weighted by Crippen LogP contribution is 2.30. The first-order valence-corrected chi connectivity index (χ1v) is 8.57. The smallest absolute Gasteiger partial charge is 0.446 e. The summed E-state index contributed by atoms with van der Waals surface area (Å²) in [5.41, 5.74) is 0.845. The minimum Gasteiger partial charge on any atom is -0.446 e. The first kappa shape index (κ1) is 20.1. The summed E-state index contributed by atoms with van der Waals surface area (Å²) in [4.78, 5) is 24.4. The molecular formula is C18H23F3N2O3. The number of hydrogen-bond acceptors (Lipinski definition) is 3. The topological polar surface area (TPSA) is 49.9 Å². The summed E-state index contributed by atoms with van der Waals surface area (Å²) in [5.74, 6) is -2.31. The monoisotopic (exact) mass is 372 g/mol. The van der Waals surface area contributed by atoms with Crippen molar-refractivity contribution in [1.82, 2.24) is 10.0 Å². The third-order valence-electron chi connectivity index (χ3n) is 4.43. The molecule has 2 amide bonds. The highest BCUT2D eigenvalue weighted by atomic mass is 19.4. The van der Waals surface area contributed by atoms with E-state index in [4.69, 9.17) is 4.74 Å². The summed E-state index contributed by atoms with van der Waals surface area (Å²) in [5, 5.41) is 1.42. The molecule has 0 saturated carbocycles. The van der Waals surface area contributed by atoms with Gasteiger partial charge in [-0.15, -0.1) is 0 Å². The van der Waals surface area contributed by atoms with E-state index in [-0.39, 0.29) is 18.9 Å². The van der Waals surface area contributed by atoms with Gasteiger partial charge in [0.1, 0.15) is 6.61 Å². The van der Waals surface area contributed by atoms with E-state index in [1.54, 1.807) is 32.9 Å². The van der Waals surface area contributed by atoms with Crippen LogP contribution in [0.3, 0.4) is 0 Å². The number of benzene rings is 1. The molecule has 1 aliphatic rings. The number of carbonyl (C=O) groups is 2. The minimum absolute atomic E-state index is 0.0656. The number of nitrogens with zero attached hydrogens (tertiary/aromatic N) is 2. The van der Waals surface area contributed by atoms with Gasteiger partial charge in [-0.25, -0.2) is 14.8 Å². The molecule has 2 rings (SSSR count). The highest BCUT2D eigenvalue weighted by Gasteiger charge is 2.51. The summed E-state index contributed by atoms with van der Waals surface area (Å²) >= 11 is 0. The van der Waals surface area contributed by atoms with Crippen molar-refractivity contribution < 1.29 is 27.5 Å². The van der Waals surface area contributed by atoms with E-state index in [1.165, 1.54) is 0 Å². The van der Waals surface area contributed by atoms with Gasteiger partial charge in [0.05, 0.1) is 12.1 Å². The Kier molecular flexibility index (Phi) is 6.15.